The van der Waals surface area contributed by atoms with Crippen LogP contribution in [-0.4, -0.2) is 6.10 Å². The Balaban J connectivity index is 1.70. The average molecular weight is 309 g/mol. The first-order valence-corrected chi connectivity index (χ1v) is 8.07. The van der Waals surface area contributed by atoms with Crippen LogP contribution >= 0.6 is 15.9 Å². The third kappa shape index (κ3) is 2.59. The largest absolute Gasteiger partial charge is 0.490 e. The summed E-state index contributed by atoms with van der Waals surface area (Å²) >= 11 is 3.88. The van der Waals surface area contributed by atoms with Crippen molar-refractivity contribution in [2.75, 3.05) is 0 Å². The van der Waals surface area contributed by atoms with Crippen LogP contribution in [-0.2, 0) is 6.42 Å². The molecular formula is C16H21BrO. The second kappa shape index (κ2) is 5.24. The van der Waals surface area contributed by atoms with Crippen LogP contribution in [0.5, 0.6) is 5.75 Å². The standard InChI is InChI=1S/C16H21BrO/c1-11-8-14-10-13(6-7-16(14)18-11)15(17)9-12-4-2-3-5-12/h6-7,10-12,15H,2-5,8-9H2,1H3. The summed E-state index contributed by atoms with van der Waals surface area (Å²) in [4.78, 5) is 0.516. The molecule has 0 amide bonds. The molecule has 0 N–H and O–H groups in total. The van der Waals surface area contributed by atoms with Crippen molar-refractivity contribution in [3.8, 4) is 5.75 Å². The van der Waals surface area contributed by atoms with E-state index in [1.807, 2.05) is 0 Å². The first kappa shape index (κ1) is 12.5. The van der Waals surface area contributed by atoms with Gasteiger partial charge in [0, 0.05) is 11.2 Å². The Morgan fingerprint density at radius 2 is 2.11 bits per heavy atom. The van der Waals surface area contributed by atoms with Gasteiger partial charge < -0.3 is 4.74 Å². The van der Waals surface area contributed by atoms with Crippen molar-refractivity contribution in [1.82, 2.24) is 0 Å². The molecule has 0 saturated heterocycles. The maximum Gasteiger partial charge on any atom is 0.123 e. The van der Waals surface area contributed by atoms with E-state index in [0.29, 0.717) is 10.9 Å². The van der Waals surface area contributed by atoms with E-state index in [-0.39, 0.29) is 0 Å². The summed E-state index contributed by atoms with van der Waals surface area (Å²) in [6.45, 7) is 2.14. The van der Waals surface area contributed by atoms with Crippen LogP contribution in [0.2, 0.25) is 0 Å². The number of rotatable bonds is 3. The average Bonchev–Trinajstić information content (AvgIpc) is 2.95. The third-order valence-electron chi connectivity index (χ3n) is 4.30. The lowest BCUT2D eigenvalue weighted by Crippen LogP contribution is -2.05. The molecule has 1 heterocycles. The minimum atomic E-state index is 0.346. The maximum absolute atomic E-state index is 5.76. The van der Waals surface area contributed by atoms with Crippen molar-refractivity contribution in [3.63, 3.8) is 0 Å². The molecule has 1 saturated carbocycles. The monoisotopic (exact) mass is 308 g/mol. The Hall–Kier alpha value is -0.500. The summed E-state index contributed by atoms with van der Waals surface area (Å²) in [5.74, 6) is 2.02. The van der Waals surface area contributed by atoms with Crippen LogP contribution in [0.25, 0.3) is 0 Å². The fourth-order valence-electron chi connectivity index (χ4n) is 3.31. The zero-order valence-corrected chi connectivity index (χ0v) is 12.6. The third-order valence-corrected chi connectivity index (χ3v) is 5.20. The molecule has 0 radical (unpaired) electrons. The van der Waals surface area contributed by atoms with E-state index in [1.54, 1.807) is 0 Å². The van der Waals surface area contributed by atoms with E-state index in [2.05, 4.69) is 41.1 Å². The molecular weight excluding hydrogens is 288 g/mol. The van der Waals surface area contributed by atoms with E-state index in [4.69, 9.17) is 4.74 Å². The van der Waals surface area contributed by atoms with E-state index < -0.39 is 0 Å². The molecule has 1 aliphatic heterocycles. The minimum Gasteiger partial charge on any atom is -0.490 e. The quantitative estimate of drug-likeness (QED) is 0.712. The second-order valence-corrected chi connectivity index (χ2v) is 6.96. The van der Waals surface area contributed by atoms with Gasteiger partial charge >= 0.3 is 0 Å². The van der Waals surface area contributed by atoms with E-state index >= 15 is 0 Å². The zero-order valence-electron chi connectivity index (χ0n) is 11.0. The summed E-state index contributed by atoms with van der Waals surface area (Å²) in [6.07, 6.45) is 8.40. The van der Waals surface area contributed by atoms with Crippen molar-refractivity contribution in [2.45, 2.75) is 56.4 Å². The van der Waals surface area contributed by atoms with Gasteiger partial charge in [0.05, 0.1) is 0 Å². The highest BCUT2D eigenvalue weighted by Gasteiger charge is 2.23. The smallest absolute Gasteiger partial charge is 0.123 e. The molecule has 2 atom stereocenters. The Kier molecular flexibility index (Phi) is 3.65. The first-order chi connectivity index (χ1) is 8.72. The summed E-state index contributed by atoms with van der Waals surface area (Å²) in [5.41, 5.74) is 2.81. The molecule has 0 bridgehead atoms. The predicted molar refractivity (Wildman–Crippen MR) is 78.5 cm³/mol. The Morgan fingerprint density at radius 1 is 1.33 bits per heavy atom. The van der Waals surface area contributed by atoms with Gasteiger partial charge in [-0.25, -0.2) is 0 Å². The first-order valence-electron chi connectivity index (χ1n) is 7.16. The van der Waals surface area contributed by atoms with Gasteiger partial charge in [-0.1, -0.05) is 53.7 Å². The predicted octanol–water partition coefficient (Wildman–Crippen LogP) is 5.03. The number of fused-ring (bicyclic) bond motifs is 1. The van der Waals surface area contributed by atoms with Gasteiger partial charge in [0.2, 0.25) is 0 Å². The number of halogens is 1. The molecule has 2 heteroatoms. The fourth-order valence-corrected chi connectivity index (χ4v) is 4.13. The lowest BCUT2D eigenvalue weighted by atomic mass is 9.96. The summed E-state index contributed by atoms with van der Waals surface area (Å²) in [7, 11) is 0. The minimum absolute atomic E-state index is 0.346. The number of alkyl halides is 1. The molecule has 1 aromatic rings. The van der Waals surface area contributed by atoms with Crippen LogP contribution in [0.4, 0.5) is 0 Å². The van der Waals surface area contributed by atoms with Gasteiger partial charge in [-0.3, -0.25) is 0 Å². The summed E-state index contributed by atoms with van der Waals surface area (Å²) < 4.78 is 5.76. The van der Waals surface area contributed by atoms with Crippen LogP contribution < -0.4 is 4.74 Å². The van der Waals surface area contributed by atoms with Gasteiger partial charge in [0.15, 0.2) is 0 Å². The molecule has 0 aromatic heterocycles. The lowest BCUT2D eigenvalue weighted by Gasteiger charge is -2.15. The highest BCUT2D eigenvalue weighted by molar-refractivity contribution is 9.09. The van der Waals surface area contributed by atoms with Gasteiger partial charge in [0.1, 0.15) is 11.9 Å². The van der Waals surface area contributed by atoms with Gasteiger partial charge in [0.25, 0.3) is 0 Å². The topological polar surface area (TPSA) is 9.23 Å². The molecule has 1 aromatic carbocycles. The zero-order chi connectivity index (χ0) is 12.5. The molecule has 2 unspecified atom stereocenters. The number of hydrogen-bond acceptors (Lipinski definition) is 1. The van der Waals surface area contributed by atoms with Crippen molar-refractivity contribution < 1.29 is 4.74 Å². The van der Waals surface area contributed by atoms with E-state index in [1.165, 1.54) is 43.2 Å². The highest BCUT2D eigenvalue weighted by Crippen LogP contribution is 2.39. The maximum atomic E-state index is 5.76. The van der Waals surface area contributed by atoms with E-state index in [0.717, 1.165) is 18.1 Å². The Labute approximate surface area is 118 Å². The molecule has 18 heavy (non-hydrogen) atoms. The summed E-state index contributed by atoms with van der Waals surface area (Å²) in [5, 5.41) is 0. The fraction of sp³-hybridized carbons (Fsp3) is 0.625. The SMILES string of the molecule is CC1Cc2cc(C(Br)CC3CCCC3)ccc2O1. The van der Waals surface area contributed by atoms with Crippen LogP contribution in [0.3, 0.4) is 0 Å². The molecule has 98 valence electrons. The second-order valence-electron chi connectivity index (χ2n) is 5.85. The normalized spacial score (nSPS) is 24.9. The van der Waals surface area contributed by atoms with E-state index in [9.17, 15) is 0 Å². The molecule has 3 rings (SSSR count). The van der Waals surface area contributed by atoms with Crippen molar-refractivity contribution in [3.05, 3.63) is 29.3 Å². The highest BCUT2D eigenvalue weighted by atomic mass is 79.9. The lowest BCUT2D eigenvalue weighted by molar-refractivity contribution is 0.254. The molecule has 1 nitrogen and oxygen atoms in total. The number of ether oxygens (including phenoxy) is 1. The van der Waals surface area contributed by atoms with Crippen LogP contribution in [0.15, 0.2) is 18.2 Å². The number of benzene rings is 1. The molecule has 1 fully saturated rings. The van der Waals surface area contributed by atoms with Gasteiger partial charge in [-0.05, 0) is 36.5 Å². The Bertz CT molecular complexity index is 423. The molecule has 1 aliphatic carbocycles. The van der Waals surface area contributed by atoms with Crippen molar-refractivity contribution >= 4 is 15.9 Å². The van der Waals surface area contributed by atoms with Crippen molar-refractivity contribution in [1.29, 1.82) is 0 Å². The van der Waals surface area contributed by atoms with Crippen LogP contribution in [0, 0.1) is 5.92 Å². The van der Waals surface area contributed by atoms with Crippen molar-refractivity contribution in [2.24, 2.45) is 5.92 Å². The Morgan fingerprint density at radius 3 is 2.89 bits per heavy atom. The summed E-state index contributed by atoms with van der Waals surface area (Å²) in [6, 6.07) is 6.72. The van der Waals surface area contributed by atoms with Gasteiger partial charge in [-0.2, -0.15) is 0 Å². The number of hydrogen-bond donors (Lipinski definition) is 0. The molecule has 2 aliphatic rings. The van der Waals surface area contributed by atoms with Gasteiger partial charge in [-0.15, -0.1) is 0 Å². The van der Waals surface area contributed by atoms with Crippen LogP contribution in [0.1, 0.15) is 55.0 Å². The molecule has 0 spiro atoms.